The summed E-state index contributed by atoms with van der Waals surface area (Å²) < 4.78 is 7.44. The largest absolute Gasteiger partial charge is 0.467 e. The molecule has 0 amide bonds. The first-order valence-electron chi connectivity index (χ1n) is 8.63. The highest BCUT2D eigenvalue weighted by atomic mass is 16.3. The zero-order chi connectivity index (χ0) is 17.2. The highest BCUT2D eigenvalue weighted by Crippen LogP contribution is 2.03. The molecule has 0 saturated carbocycles. The Hall–Kier alpha value is -2.31. The van der Waals surface area contributed by atoms with Crippen LogP contribution >= 0.6 is 0 Å². The SMILES string of the molecule is CCCCN(C)C(=NCc1ccco1)NCCn1cnnc1CC. The Balaban J connectivity index is 1.92. The van der Waals surface area contributed by atoms with Crippen LogP contribution in [0.5, 0.6) is 0 Å². The summed E-state index contributed by atoms with van der Waals surface area (Å²) in [6.45, 7) is 7.39. The molecule has 24 heavy (non-hydrogen) atoms. The molecule has 0 aliphatic heterocycles. The standard InChI is InChI=1S/C17H28N6O/c1-4-6-10-22(3)17(19-13-15-8-7-12-24-15)18-9-11-23-14-20-21-16(23)5-2/h7-8,12,14H,4-6,9-11,13H2,1-3H3,(H,18,19). The first-order valence-corrected chi connectivity index (χ1v) is 8.63. The van der Waals surface area contributed by atoms with Crippen LogP contribution in [-0.2, 0) is 19.5 Å². The molecule has 7 heteroatoms. The van der Waals surface area contributed by atoms with Crippen molar-refractivity contribution >= 4 is 5.96 Å². The number of hydrogen-bond donors (Lipinski definition) is 1. The van der Waals surface area contributed by atoms with Crippen molar-refractivity contribution in [3.8, 4) is 0 Å². The van der Waals surface area contributed by atoms with Gasteiger partial charge in [-0.15, -0.1) is 10.2 Å². The van der Waals surface area contributed by atoms with E-state index in [0.29, 0.717) is 6.54 Å². The van der Waals surface area contributed by atoms with Gasteiger partial charge in [-0.3, -0.25) is 0 Å². The van der Waals surface area contributed by atoms with Crippen molar-refractivity contribution in [2.24, 2.45) is 4.99 Å². The van der Waals surface area contributed by atoms with Gasteiger partial charge in [0, 0.05) is 33.1 Å². The van der Waals surface area contributed by atoms with Crippen molar-refractivity contribution in [3.63, 3.8) is 0 Å². The average Bonchev–Trinajstić information content (AvgIpc) is 3.26. The fourth-order valence-corrected chi connectivity index (χ4v) is 2.40. The van der Waals surface area contributed by atoms with Gasteiger partial charge in [-0.05, 0) is 18.6 Å². The van der Waals surface area contributed by atoms with Crippen LogP contribution in [-0.4, -0.2) is 45.8 Å². The van der Waals surface area contributed by atoms with Crippen molar-refractivity contribution in [3.05, 3.63) is 36.3 Å². The first-order chi connectivity index (χ1) is 11.7. The topological polar surface area (TPSA) is 71.5 Å². The van der Waals surface area contributed by atoms with Gasteiger partial charge in [0.05, 0.1) is 6.26 Å². The number of guanidine groups is 1. The molecule has 0 aliphatic rings. The number of nitrogens with one attached hydrogen (secondary N) is 1. The fraction of sp³-hybridized carbons (Fsp3) is 0.588. The van der Waals surface area contributed by atoms with Crippen LogP contribution in [0.15, 0.2) is 34.1 Å². The van der Waals surface area contributed by atoms with Crippen LogP contribution in [0.2, 0.25) is 0 Å². The summed E-state index contributed by atoms with van der Waals surface area (Å²) >= 11 is 0. The molecule has 0 radical (unpaired) electrons. The molecule has 2 rings (SSSR count). The van der Waals surface area contributed by atoms with E-state index in [-0.39, 0.29) is 0 Å². The molecule has 0 bridgehead atoms. The Labute approximate surface area is 143 Å². The Morgan fingerprint density at radius 1 is 1.42 bits per heavy atom. The summed E-state index contributed by atoms with van der Waals surface area (Å²) in [5, 5.41) is 11.5. The summed E-state index contributed by atoms with van der Waals surface area (Å²) in [7, 11) is 2.07. The van der Waals surface area contributed by atoms with Gasteiger partial charge < -0.3 is 19.2 Å². The predicted octanol–water partition coefficient (Wildman–Crippen LogP) is 2.31. The zero-order valence-corrected chi connectivity index (χ0v) is 14.9. The average molecular weight is 332 g/mol. The van der Waals surface area contributed by atoms with Gasteiger partial charge in [-0.2, -0.15) is 0 Å². The van der Waals surface area contributed by atoms with E-state index in [4.69, 9.17) is 4.42 Å². The Kier molecular flexibility index (Phi) is 7.32. The van der Waals surface area contributed by atoms with Gasteiger partial charge >= 0.3 is 0 Å². The molecule has 2 aromatic rings. The van der Waals surface area contributed by atoms with Crippen molar-refractivity contribution in [2.75, 3.05) is 20.1 Å². The summed E-state index contributed by atoms with van der Waals surface area (Å²) in [6.07, 6.45) is 6.65. The molecular weight excluding hydrogens is 304 g/mol. The molecule has 2 aromatic heterocycles. The third kappa shape index (κ3) is 5.40. The molecule has 132 valence electrons. The third-order valence-corrected chi connectivity index (χ3v) is 3.82. The summed E-state index contributed by atoms with van der Waals surface area (Å²) in [5.41, 5.74) is 0. The van der Waals surface area contributed by atoms with Crippen molar-refractivity contribution < 1.29 is 4.42 Å². The van der Waals surface area contributed by atoms with E-state index in [0.717, 1.165) is 56.4 Å². The van der Waals surface area contributed by atoms with Gasteiger partial charge in [0.1, 0.15) is 24.5 Å². The Bertz CT molecular complexity index is 604. The van der Waals surface area contributed by atoms with Crippen LogP contribution in [0.3, 0.4) is 0 Å². The van der Waals surface area contributed by atoms with E-state index >= 15 is 0 Å². The number of aryl methyl sites for hydroxylation is 1. The molecule has 0 aliphatic carbocycles. The number of aliphatic imine (C=N–C) groups is 1. The first kappa shape index (κ1) is 18.0. The number of rotatable bonds is 9. The molecule has 0 saturated heterocycles. The normalized spacial score (nSPS) is 11.7. The molecule has 0 spiro atoms. The molecule has 2 heterocycles. The lowest BCUT2D eigenvalue weighted by Gasteiger charge is -2.22. The summed E-state index contributed by atoms with van der Waals surface area (Å²) in [5.74, 6) is 2.77. The monoisotopic (exact) mass is 332 g/mol. The van der Waals surface area contributed by atoms with E-state index < -0.39 is 0 Å². The Morgan fingerprint density at radius 2 is 2.29 bits per heavy atom. The summed E-state index contributed by atoms with van der Waals surface area (Å²) in [4.78, 5) is 6.84. The van der Waals surface area contributed by atoms with E-state index in [1.54, 1.807) is 12.6 Å². The van der Waals surface area contributed by atoms with Crippen LogP contribution < -0.4 is 5.32 Å². The summed E-state index contributed by atoms with van der Waals surface area (Å²) in [6, 6.07) is 3.83. The molecule has 0 aromatic carbocycles. The van der Waals surface area contributed by atoms with Crippen molar-refractivity contribution in [2.45, 2.75) is 46.2 Å². The van der Waals surface area contributed by atoms with Gasteiger partial charge in [-0.1, -0.05) is 20.3 Å². The second-order valence-corrected chi connectivity index (χ2v) is 5.72. The highest BCUT2D eigenvalue weighted by Gasteiger charge is 2.07. The quantitative estimate of drug-likeness (QED) is 0.563. The second kappa shape index (κ2) is 9.75. The minimum absolute atomic E-state index is 0.540. The van der Waals surface area contributed by atoms with E-state index in [9.17, 15) is 0 Å². The number of hydrogen-bond acceptors (Lipinski definition) is 4. The van der Waals surface area contributed by atoms with Gasteiger partial charge in [0.25, 0.3) is 0 Å². The number of furan rings is 1. The molecule has 0 unspecified atom stereocenters. The van der Waals surface area contributed by atoms with E-state index in [1.807, 2.05) is 12.1 Å². The maximum absolute atomic E-state index is 5.36. The van der Waals surface area contributed by atoms with E-state index in [1.165, 1.54) is 0 Å². The van der Waals surface area contributed by atoms with Crippen LogP contribution in [0.25, 0.3) is 0 Å². The lowest BCUT2D eigenvalue weighted by molar-refractivity contribution is 0.455. The minimum atomic E-state index is 0.540. The highest BCUT2D eigenvalue weighted by molar-refractivity contribution is 5.79. The van der Waals surface area contributed by atoms with Crippen LogP contribution in [0, 0.1) is 0 Å². The molecule has 7 nitrogen and oxygen atoms in total. The smallest absolute Gasteiger partial charge is 0.194 e. The fourth-order valence-electron chi connectivity index (χ4n) is 2.40. The van der Waals surface area contributed by atoms with Crippen molar-refractivity contribution in [1.82, 2.24) is 25.0 Å². The molecule has 1 N–H and O–H groups in total. The maximum atomic E-state index is 5.36. The lowest BCUT2D eigenvalue weighted by Crippen LogP contribution is -2.40. The van der Waals surface area contributed by atoms with Gasteiger partial charge in [-0.25, -0.2) is 4.99 Å². The van der Waals surface area contributed by atoms with Gasteiger partial charge in [0.15, 0.2) is 5.96 Å². The second-order valence-electron chi connectivity index (χ2n) is 5.72. The predicted molar refractivity (Wildman–Crippen MR) is 94.8 cm³/mol. The Morgan fingerprint density at radius 3 is 3.00 bits per heavy atom. The number of unbranched alkanes of at least 4 members (excludes halogenated alkanes) is 1. The number of nitrogens with zero attached hydrogens (tertiary/aromatic N) is 5. The third-order valence-electron chi connectivity index (χ3n) is 3.82. The lowest BCUT2D eigenvalue weighted by atomic mass is 10.3. The number of aromatic nitrogens is 3. The molecule has 0 fully saturated rings. The molecule has 0 atom stereocenters. The maximum Gasteiger partial charge on any atom is 0.194 e. The van der Waals surface area contributed by atoms with Gasteiger partial charge in [0.2, 0.25) is 0 Å². The minimum Gasteiger partial charge on any atom is -0.467 e. The molecular formula is C17H28N6O. The van der Waals surface area contributed by atoms with Crippen LogP contribution in [0.1, 0.15) is 38.3 Å². The van der Waals surface area contributed by atoms with Crippen molar-refractivity contribution in [1.29, 1.82) is 0 Å². The zero-order valence-electron chi connectivity index (χ0n) is 14.9. The van der Waals surface area contributed by atoms with Crippen LogP contribution in [0.4, 0.5) is 0 Å². The van der Waals surface area contributed by atoms with E-state index in [2.05, 4.69) is 50.9 Å².